The highest BCUT2D eigenvalue weighted by Crippen LogP contribution is 2.27. The van der Waals surface area contributed by atoms with Gasteiger partial charge in [-0.05, 0) is 36.4 Å². The van der Waals surface area contributed by atoms with Gasteiger partial charge in [0.1, 0.15) is 5.75 Å². The zero-order valence-electron chi connectivity index (χ0n) is 17.8. The fraction of sp³-hybridized carbons (Fsp3) is 0.292. The van der Waals surface area contributed by atoms with Crippen LogP contribution in [0.15, 0.2) is 54.6 Å². The molecule has 7 nitrogen and oxygen atoms in total. The molecule has 0 spiro atoms. The molecule has 1 fully saturated rings. The number of fused-ring (bicyclic) bond motifs is 1. The quantitative estimate of drug-likeness (QED) is 0.689. The van der Waals surface area contributed by atoms with Gasteiger partial charge in [-0.25, -0.2) is 4.98 Å². The van der Waals surface area contributed by atoms with Crippen LogP contribution in [-0.4, -0.2) is 73.5 Å². The van der Waals surface area contributed by atoms with Crippen LogP contribution in [-0.2, 0) is 4.79 Å². The number of rotatable bonds is 5. The zero-order valence-corrected chi connectivity index (χ0v) is 17.8. The molecular weight excluding hydrogens is 392 g/mol. The van der Waals surface area contributed by atoms with E-state index in [1.807, 2.05) is 59.5 Å². The Kier molecular flexibility index (Phi) is 6.13. The molecule has 3 aromatic rings. The van der Waals surface area contributed by atoms with Crippen LogP contribution in [0.4, 0.5) is 0 Å². The minimum Gasteiger partial charge on any atom is -0.497 e. The summed E-state index contributed by atoms with van der Waals surface area (Å²) in [5, 5.41) is 3.49. The van der Waals surface area contributed by atoms with Crippen molar-refractivity contribution in [3.05, 3.63) is 60.2 Å². The molecule has 2 aromatic carbocycles. The highest BCUT2D eigenvalue weighted by Gasteiger charge is 2.25. The second-order valence-corrected chi connectivity index (χ2v) is 7.54. The van der Waals surface area contributed by atoms with E-state index in [1.54, 1.807) is 14.2 Å². The molecule has 1 aromatic heterocycles. The molecule has 1 N–H and O–H groups in total. The highest BCUT2D eigenvalue weighted by atomic mass is 16.5. The number of benzene rings is 2. The largest absolute Gasteiger partial charge is 0.497 e. The fourth-order valence-corrected chi connectivity index (χ4v) is 3.82. The molecule has 7 heteroatoms. The van der Waals surface area contributed by atoms with Crippen molar-refractivity contribution in [1.82, 2.24) is 20.1 Å². The van der Waals surface area contributed by atoms with Crippen molar-refractivity contribution < 1.29 is 14.3 Å². The lowest BCUT2D eigenvalue weighted by Crippen LogP contribution is -2.50. The van der Waals surface area contributed by atoms with Gasteiger partial charge < -0.3 is 15.0 Å². The van der Waals surface area contributed by atoms with E-state index in [4.69, 9.17) is 9.72 Å². The molecule has 0 unspecified atom stereocenters. The first-order valence-corrected chi connectivity index (χ1v) is 10.4. The summed E-state index contributed by atoms with van der Waals surface area (Å²) in [7, 11) is 3.27. The van der Waals surface area contributed by atoms with Crippen molar-refractivity contribution in [1.29, 1.82) is 0 Å². The van der Waals surface area contributed by atoms with Crippen LogP contribution in [0, 0.1) is 0 Å². The third-order valence-electron chi connectivity index (χ3n) is 5.64. The number of carbonyl (C=O) groups excluding carboxylic acids is 2. The summed E-state index contributed by atoms with van der Waals surface area (Å²) in [5.41, 5.74) is 3.12. The van der Waals surface area contributed by atoms with E-state index < -0.39 is 0 Å². The normalized spacial score (nSPS) is 14.5. The molecule has 0 radical (unpaired) electrons. The Bertz CT molecular complexity index is 1090. The van der Waals surface area contributed by atoms with E-state index in [9.17, 15) is 9.59 Å². The van der Waals surface area contributed by atoms with Crippen molar-refractivity contribution >= 4 is 22.7 Å². The number of hydrogen-bond acceptors (Lipinski definition) is 5. The predicted molar refractivity (Wildman–Crippen MR) is 120 cm³/mol. The summed E-state index contributed by atoms with van der Waals surface area (Å²) in [5.74, 6) is 0.757. The summed E-state index contributed by atoms with van der Waals surface area (Å²) in [6, 6.07) is 17.3. The Morgan fingerprint density at radius 1 is 1.03 bits per heavy atom. The van der Waals surface area contributed by atoms with Gasteiger partial charge in [0.25, 0.3) is 5.91 Å². The van der Waals surface area contributed by atoms with Crippen molar-refractivity contribution in [2.45, 2.75) is 0 Å². The first-order valence-electron chi connectivity index (χ1n) is 10.4. The lowest BCUT2D eigenvalue weighted by Gasteiger charge is -2.34. The standard InChI is InChI=1S/C24H26N4O3/c1-25-23(29)16-27-11-13-28(14-12-27)24(30)20-15-22(17-7-9-18(31-2)10-8-17)26-21-6-4-3-5-19(20)21/h3-10,15H,11-14,16H2,1-2H3,(H,25,29). The molecule has 31 heavy (non-hydrogen) atoms. The maximum atomic E-state index is 13.5. The highest BCUT2D eigenvalue weighted by molar-refractivity contribution is 6.07. The first kappa shape index (κ1) is 20.8. The molecule has 160 valence electrons. The number of piperazine rings is 1. The SMILES string of the molecule is CNC(=O)CN1CCN(C(=O)c2cc(-c3ccc(OC)cc3)nc3ccccc23)CC1. The monoisotopic (exact) mass is 418 g/mol. The maximum Gasteiger partial charge on any atom is 0.254 e. The lowest BCUT2D eigenvalue weighted by atomic mass is 10.0. The summed E-state index contributed by atoms with van der Waals surface area (Å²) in [6.45, 7) is 2.88. The number of amides is 2. The summed E-state index contributed by atoms with van der Waals surface area (Å²) >= 11 is 0. The minimum atomic E-state index is -0.0102. The van der Waals surface area contributed by atoms with E-state index in [-0.39, 0.29) is 11.8 Å². The molecule has 0 aliphatic carbocycles. The average molecular weight is 418 g/mol. The van der Waals surface area contributed by atoms with Gasteiger partial charge in [0.2, 0.25) is 5.91 Å². The molecule has 0 bridgehead atoms. The van der Waals surface area contributed by atoms with E-state index in [2.05, 4.69) is 10.2 Å². The predicted octanol–water partition coefficient (Wildman–Crippen LogP) is 2.41. The van der Waals surface area contributed by atoms with Crippen LogP contribution < -0.4 is 10.1 Å². The van der Waals surface area contributed by atoms with Crippen molar-refractivity contribution in [2.24, 2.45) is 0 Å². The molecule has 1 aliphatic heterocycles. The zero-order chi connectivity index (χ0) is 21.8. The van der Waals surface area contributed by atoms with Crippen molar-refractivity contribution in [3.8, 4) is 17.0 Å². The number of hydrogen-bond donors (Lipinski definition) is 1. The van der Waals surface area contributed by atoms with Crippen molar-refractivity contribution in [3.63, 3.8) is 0 Å². The Labute approximate surface area is 181 Å². The maximum absolute atomic E-state index is 13.5. The number of aromatic nitrogens is 1. The van der Waals surface area contributed by atoms with E-state index >= 15 is 0 Å². The Hall–Kier alpha value is -3.45. The van der Waals surface area contributed by atoms with Gasteiger partial charge >= 0.3 is 0 Å². The van der Waals surface area contributed by atoms with Crippen molar-refractivity contribution in [2.75, 3.05) is 46.9 Å². The minimum absolute atomic E-state index is 0.00652. The van der Waals surface area contributed by atoms with E-state index in [0.717, 1.165) is 27.9 Å². The van der Waals surface area contributed by atoms with E-state index in [0.29, 0.717) is 38.3 Å². The van der Waals surface area contributed by atoms with Gasteiger partial charge in [0, 0.05) is 44.2 Å². The molecular formula is C24H26N4O3. The topological polar surface area (TPSA) is 74.8 Å². The molecule has 4 rings (SSSR count). The average Bonchev–Trinajstić information content (AvgIpc) is 2.83. The number of likely N-dealkylation sites (N-methyl/N-ethyl adjacent to an activating group) is 1. The molecule has 0 atom stereocenters. The molecule has 1 saturated heterocycles. The Morgan fingerprint density at radius 2 is 1.74 bits per heavy atom. The van der Waals surface area contributed by atoms with Gasteiger partial charge in [-0.2, -0.15) is 0 Å². The Morgan fingerprint density at radius 3 is 2.42 bits per heavy atom. The fourth-order valence-electron chi connectivity index (χ4n) is 3.82. The number of nitrogens with one attached hydrogen (secondary N) is 1. The lowest BCUT2D eigenvalue weighted by molar-refractivity contribution is -0.122. The van der Waals surface area contributed by atoms with E-state index in [1.165, 1.54) is 0 Å². The van der Waals surface area contributed by atoms with Gasteiger partial charge in [-0.15, -0.1) is 0 Å². The van der Waals surface area contributed by atoms with Crippen LogP contribution in [0.5, 0.6) is 5.75 Å². The number of nitrogens with zero attached hydrogens (tertiary/aromatic N) is 3. The number of carbonyl (C=O) groups is 2. The number of para-hydroxylation sites is 1. The van der Waals surface area contributed by atoms with Crippen LogP contribution in [0.25, 0.3) is 22.2 Å². The van der Waals surface area contributed by atoms with Crippen LogP contribution in [0.2, 0.25) is 0 Å². The van der Waals surface area contributed by atoms with Gasteiger partial charge in [0.05, 0.1) is 30.4 Å². The third-order valence-corrected chi connectivity index (χ3v) is 5.64. The third kappa shape index (κ3) is 4.51. The summed E-state index contributed by atoms with van der Waals surface area (Å²) in [6.07, 6.45) is 0. The number of ether oxygens (including phenoxy) is 1. The van der Waals surface area contributed by atoms with Gasteiger partial charge in [-0.1, -0.05) is 18.2 Å². The number of pyridine rings is 1. The first-order chi connectivity index (χ1) is 15.1. The van der Waals surface area contributed by atoms with Crippen LogP contribution in [0.1, 0.15) is 10.4 Å². The smallest absolute Gasteiger partial charge is 0.254 e. The van der Waals surface area contributed by atoms with Crippen LogP contribution >= 0.6 is 0 Å². The molecule has 0 saturated carbocycles. The van der Waals surface area contributed by atoms with Gasteiger partial charge in [-0.3, -0.25) is 14.5 Å². The molecule has 1 aliphatic rings. The summed E-state index contributed by atoms with van der Waals surface area (Å²) in [4.78, 5) is 33.8. The second-order valence-electron chi connectivity index (χ2n) is 7.54. The molecule has 2 amide bonds. The number of methoxy groups -OCH3 is 1. The second kappa shape index (κ2) is 9.14. The Balaban J connectivity index is 1.62. The molecule has 2 heterocycles. The van der Waals surface area contributed by atoms with Crippen LogP contribution in [0.3, 0.4) is 0 Å². The summed E-state index contributed by atoms with van der Waals surface area (Å²) < 4.78 is 5.25. The van der Waals surface area contributed by atoms with Gasteiger partial charge in [0.15, 0.2) is 0 Å².